The summed E-state index contributed by atoms with van der Waals surface area (Å²) < 4.78 is 4.59. The van der Waals surface area contributed by atoms with Crippen LogP contribution in [0.3, 0.4) is 0 Å². The number of aromatic amines is 1. The first-order chi connectivity index (χ1) is 7.27. The van der Waals surface area contributed by atoms with Gasteiger partial charge in [0.15, 0.2) is 0 Å². The van der Waals surface area contributed by atoms with Crippen LogP contribution in [-0.2, 0) is 4.74 Å². The first-order valence-corrected chi connectivity index (χ1v) is 4.86. The van der Waals surface area contributed by atoms with Crippen LogP contribution in [0.1, 0.15) is 22.5 Å². The summed E-state index contributed by atoms with van der Waals surface area (Å²) in [7, 11) is 3.28. The molecule has 0 amide bonds. The minimum atomic E-state index is -0.343. The molecule has 0 aliphatic rings. The highest BCUT2D eigenvalue weighted by atomic mass is 16.5. The predicted molar refractivity (Wildman–Crippen MR) is 59.7 cm³/mol. The highest BCUT2D eigenvalue weighted by Gasteiger charge is 2.05. The van der Waals surface area contributed by atoms with Gasteiger partial charge >= 0.3 is 5.97 Å². The van der Waals surface area contributed by atoms with Crippen molar-refractivity contribution in [3.63, 3.8) is 0 Å². The number of H-pyrrole nitrogens is 1. The summed E-state index contributed by atoms with van der Waals surface area (Å²) >= 11 is 0. The molecule has 1 rings (SSSR count). The molecular weight excluding hydrogens is 192 g/mol. The summed E-state index contributed by atoms with van der Waals surface area (Å²) in [6.07, 6.45) is 6.78. The number of methoxy groups -OCH3 is 1. The molecule has 4 heteroatoms. The van der Waals surface area contributed by atoms with Crippen LogP contribution in [0.2, 0.25) is 0 Å². The Labute approximate surface area is 89.3 Å². The lowest BCUT2D eigenvalue weighted by Crippen LogP contribution is -2.05. The van der Waals surface area contributed by atoms with Gasteiger partial charge in [-0.25, -0.2) is 4.79 Å². The van der Waals surface area contributed by atoms with Gasteiger partial charge < -0.3 is 15.0 Å². The summed E-state index contributed by atoms with van der Waals surface area (Å²) in [5.41, 5.74) is 1.46. The van der Waals surface area contributed by atoms with E-state index in [0.29, 0.717) is 5.69 Å². The van der Waals surface area contributed by atoms with Gasteiger partial charge in [0.05, 0.1) is 7.11 Å². The fraction of sp³-hybridized carbons (Fsp3) is 0.364. The fourth-order valence-electron chi connectivity index (χ4n) is 1.18. The van der Waals surface area contributed by atoms with E-state index in [1.807, 2.05) is 13.1 Å². The largest absolute Gasteiger partial charge is 0.464 e. The highest BCUT2D eigenvalue weighted by Crippen LogP contribution is 2.06. The normalized spacial score (nSPS) is 10.8. The average Bonchev–Trinajstić information content (AvgIpc) is 2.72. The number of hydrogen-bond donors (Lipinski definition) is 2. The van der Waals surface area contributed by atoms with Crippen molar-refractivity contribution in [1.82, 2.24) is 10.3 Å². The lowest BCUT2D eigenvalue weighted by molar-refractivity contribution is 0.0595. The summed E-state index contributed by atoms with van der Waals surface area (Å²) in [5, 5.41) is 3.05. The molecule has 82 valence electrons. The lowest BCUT2D eigenvalue weighted by Gasteiger charge is -1.92. The molecule has 0 radical (unpaired) electrons. The van der Waals surface area contributed by atoms with E-state index in [1.54, 1.807) is 12.3 Å². The molecule has 15 heavy (non-hydrogen) atoms. The van der Waals surface area contributed by atoms with Gasteiger partial charge in [-0.2, -0.15) is 0 Å². The first kappa shape index (κ1) is 11.5. The molecule has 1 aromatic rings. The molecule has 0 spiro atoms. The van der Waals surface area contributed by atoms with E-state index in [4.69, 9.17) is 0 Å². The Morgan fingerprint density at radius 1 is 1.67 bits per heavy atom. The molecular formula is C11H16N2O2. The molecule has 0 saturated heterocycles. The number of aromatic nitrogens is 1. The Kier molecular flexibility index (Phi) is 4.63. The van der Waals surface area contributed by atoms with Crippen LogP contribution in [0.15, 0.2) is 18.3 Å². The van der Waals surface area contributed by atoms with E-state index in [1.165, 1.54) is 7.11 Å². The van der Waals surface area contributed by atoms with E-state index in [9.17, 15) is 4.79 Å². The van der Waals surface area contributed by atoms with Gasteiger partial charge in [-0.15, -0.1) is 0 Å². The van der Waals surface area contributed by atoms with E-state index in [2.05, 4.69) is 21.1 Å². The minimum Gasteiger partial charge on any atom is -0.464 e. The number of hydrogen-bond acceptors (Lipinski definition) is 3. The molecule has 4 nitrogen and oxygen atoms in total. The zero-order chi connectivity index (χ0) is 11.1. The summed E-state index contributed by atoms with van der Waals surface area (Å²) in [6, 6.07) is 1.77. The van der Waals surface area contributed by atoms with E-state index in [0.717, 1.165) is 18.5 Å². The van der Waals surface area contributed by atoms with Crippen LogP contribution in [0.5, 0.6) is 0 Å². The maximum Gasteiger partial charge on any atom is 0.354 e. The standard InChI is InChI=1S/C11H16N2O2/c1-12-6-4-3-5-9-7-10(13-8-9)11(14)15-2/h3,5,7-8,12-13H,4,6H2,1-2H3. The minimum absolute atomic E-state index is 0.343. The second-order valence-corrected chi connectivity index (χ2v) is 3.13. The Morgan fingerprint density at radius 2 is 2.47 bits per heavy atom. The number of nitrogens with one attached hydrogen (secondary N) is 2. The number of carbonyl (C=O) groups excluding carboxylic acids is 1. The van der Waals surface area contributed by atoms with Gasteiger partial charge in [-0.3, -0.25) is 0 Å². The van der Waals surface area contributed by atoms with Crippen molar-refractivity contribution in [1.29, 1.82) is 0 Å². The molecule has 0 aromatic carbocycles. The van der Waals surface area contributed by atoms with Crippen molar-refractivity contribution >= 4 is 12.0 Å². The van der Waals surface area contributed by atoms with Crippen molar-refractivity contribution in [2.45, 2.75) is 6.42 Å². The van der Waals surface area contributed by atoms with Crippen LogP contribution in [-0.4, -0.2) is 31.7 Å². The SMILES string of the molecule is CNCCC=Cc1c[nH]c(C(=O)OC)c1. The molecule has 1 aromatic heterocycles. The molecule has 0 saturated carbocycles. The summed E-state index contributed by atoms with van der Waals surface area (Å²) in [5.74, 6) is -0.343. The molecule has 0 bridgehead atoms. The van der Waals surface area contributed by atoms with Gasteiger partial charge in [0, 0.05) is 6.20 Å². The van der Waals surface area contributed by atoms with Crippen LogP contribution < -0.4 is 5.32 Å². The molecule has 1 heterocycles. The smallest absolute Gasteiger partial charge is 0.354 e. The first-order valence-electron chi connectivity index (χ1n) is 4.86. The third kappa shape index (κ3) is 3.59. The third-order valence-corrected chi connectivity index (χ3v) is 1.98. The highest BCUT2D eigenvalue weighted by molar-refractivity contribution is 5.88. The number of ether oxygens (including phenoxy) is 1. The zero-order valence-electron chi connectivity index (χ0n) is 9.04. The van der Waals surface area contributed by atoms with Crippen LogP contribution in [0, 0.1) is 0 Å². The maximum absolute atomic E-state index is 11.1. The van der Waals surface area contributed by atoms with E-state index < -0.39 is 0 Å². The molecule has 0 aliphatic carbocycles. The van der Waals surface area contributed by atoms with Crippen molar-refractivity contribution in [3.8, 4) is 0 Å². The summed E-state index contributed by atoms with van der Waals surface area (Å²) in [6.45, 7) is 0.949. The van der Waals surface area contributed by atoms with E-state index >= 15 is 0 Å². The fourth-order valence-corrected chi connectivity index (χ4v) is 1.18. The quantitative estimate of drug-likeness (QED) is 0.568. The van der Waals surface area contributed by atoms with Crippen molar-refractivity contribution in [3.05, 3.63) is 29.6 Å². The second kappa shape index (κ2) is 6.03. The molecule has 0 atom stereocenters. The topological polar surface area (TPSA) is 54.1 Å². The lowest BCUT2D eigenvalue weighted by atomic mass is 10.2. The van der Waals surface area contributed by atoms with Crippen LogP contribution in [0.25, 0.3) is 6.08 Å². The monoisotopic (exact) mass is 208 g/mol. The van der Waals surface area contributed by atoms with Gasteiger partial charge in [0.1, 0.15) is 5.69 Å². The second-order valence-electron chi connectivity index (χ2n) is 3.13. The van der Waals surface area contributed by atoms with Crippen molar-refractivity contribution < 1.29 is 9.53 Å². The Balaban J connectivity index is 2.52. The maximum atomic E-state index is 11.1. The zero-order valence-corrected chi connectivity index (χ0v) is 9.04. The van der Waals surface area contributed by atoms with Gasteiger partial charge in [0.25, 0.3) is 0 Å². The molecule has 0 aliphatic heterocycles. The summed E-state index contributed by atoms with van der Waals surface area (Å²) in [4.78, 5) is 14.0. The Bertz CT molecular complexity index is 342. The molecule has 2 N–H and O–H groups in total. The average molecular weight is 208 g/mol. The number of carbonyl (C=O) groups is 1. The number of esters is 1. The van der Waals surface area contributed by atoms with Gasteiger partial charge in [-0.05, 0) is 31.6 Å². The Morgan fingerprint density at radius 3 is 3.13 bits per heavy atom. The Hall–Kier alpha value is -1.55. The van der Waals surface area contributed by atoms with Crippen molar-refractivity contribution in [2.24, 2.45) is 0 Å². The third-order valence-electron chi connectivity index (χ3n) is 1.98. The van der Waals surface area contributed by atoms with Crippen molar-refractivity contribution in [2.75, 3.05) is 20.7 Å². The van der Waals surface area contributed by atoms with Crippen LogP contribution in [0.4, 0.5) is 0 Å². The van der Waals surface area contributed by atoms with Gasteiger partial charge in [-0.1, -0.05) is 12.2 Å². The predicted octanol–water partition coefficient (Wildman–Crippen LogP) is 1.42. The molecule has 0 unspecified atom stereocenters. The van der Waals surface area contributed by atoms with Gasteiger partial charge in [0.2, 0.25) is 0 Å². The molecule has 0 fully saturated rings. The number of rotatable bonds is 5. The van der Waals surface area contributed by atoms with Crippen LogP contribution >= 0.6 is 0 Å². The van der Waals surface area contributed by atoms with E-state index in [-0.39, 0.29) is 5.97 Å².